The third kappa shape index (κ3) is 2.03. The summed E-state index contributed by atoms with van der Waals surface area (Å²) in [5.74, 6) is 0.362. The van der Waals surface area contributed by atoms with Crippen molar-refractivity contribution in [2.24, 2.45) is 0 Å². The molecule has 0 aliphatic rings. The fraction of sp³-hybridized carbons (Fsp3) is 0.385. The largest absolute Gasteiger partial charge is 0.508 e. The van der Waals surface area contributed by atoms with Crippen LogP contribution in [0.15, 0.2) is 18.2 Å². The number of hydrogen-bond acceptors (Lipinski definition) is 4. The van der Waals surface area contributed by atoms with Gasteiger partial charge < -0.3 is 14.8 Å². The van der Waals surface area contributed by atoms with Gasteiger partial charge in [0.25, 0.3) is 0 Å². The van der Waals surface area contributed by atoms with Crippen molar-refractivity contribution in [3.05, 3.63) is 24.0 Å². The molecule has 0 unspecified atom stereocenters. The van der Waals surface area contributed by atoms with Crippen LogP contribution in [0.25, 0.3) is 11.0 Å². The second kappa shape index (κ2) is 4.33. The van der Waals surface area contributed by atoms with Crippen LogP contribution in [-0.4, -0.2) is 27.7 Å². The molecule has 18 heavy (non-hydrogen) atoms. The SMILES string of the molecule is CCOC(=O)C(C)(C)c1nc2ccc(O)cc2[nH]1. The number of ether oxygens (including phenoxy) is 1. The van der Waals surface area contributed by atoms with Crippen LogP contribution in [0, 0.1) is 0 Å². The summed E-state index contributed by atoms with van der Waals surface area (Å²) >= 11 is 0. The van der Waals surface area contributed by atoms with Gasteiger partial charge in [-0.3, -0.25) is 4.79 Å². The van der Waals surface area contributed by atoms with E-state index >= 15 is 0 Å². The van der Waals surface area contributed by atoms with E-state index in [9.17, 15) is 9.90 Å². The molecular formula is C13H16N2O3. The molecule has 2 N–H and O–H groups in total. The number of hydrogen-bond donors (Lipinski definition) is 2. The molecule has 0 aliphatic heterocycles. The van der Waals surface area contributed by atoms with E-state index in [1.165, 1.54) is 0 Å². The highest BCUT2D eigenvalue weighted by Gasteiger charge is 2.34. The number of phenols is 1. The molecule has 0 bridgehead atoms. The van der Waals surface area contributed by atoms with Crippen molar-refractivity contribution < 1.29 is 14.6 Å². The van der Waals surface area contributed by atoms with Gasteiger partial charge >= 0.3 is 5.97 Å². The third-order valence-electron chi connectivity index (χ3n) is 2.84. The first-order chi connectivity index (χ1) is 8.45. The van der Waals surface area contributed by atoms with E-state index in [4.69, 9.17) is 4.74 Å². The summed E-state index contributed by atoms with van der Waals surface area (Å²) in [6.07, 6.45) is 0. The quantitative estimate of drug-likeness (QED) is 0.816. The number of rotatable bonds is 3. The minimum absolute atomic E-state index is 0.159. The number of fused-ring (bicyclic) bond motifs is 1. The Balaban J connectivity index is 2.44. The molecule has 1 aromatic carbocycles. The lowest BCUT2D eigenvalue weighted by atomic mass is 9.93. The molecule has 0 radical (unpaired) electrons. The van der Waals surface area contributed by atoms with Gasteiger partial charge in [0, 0.05) is 6.07 Å². The number of carbonyl (C=O) groups excluding carboxylic acids is 1. The summed E-state index contributed by atoms with van der Waals surface area (Å²) in [7, 11) is 0. The van der Waals surface area contributed by atoms with Crippen molar-refractivity contribution >= 4 is 17.0 Å². The third-order valence-corrected chi connectivity index (χ3v) is 2.84. The molecule has 0 fully saturated rings. The maximum Gasteiger partial charge on any atom is 0.319 e. The van der Waals surface area contributed by atoms with Crippen LogP contribution in [-0.2, 0) is 14.9 Å². The number of nitrogens with one attached hydrogen (secondary N) is 1. The Morgan fingerprint density at radius 2 is 2.22 bits per heavy atom. The van der Waals surface area contributed by atoms with Gasteiger partial charge in [-0.15, -0.1) is 0 Å². The second-order valence-electron chi connectivity index (χ2n) is 4.63. The number of benzene rings is 1. The molecule has 0 spiro atoms. The number of imidazole rings is 1. The zero-order valence-corrected chi connectivity index (χ0v) is 10.7. The summed E-state index contributed by atoms with van der Waals surface area (Å²) < 4.78 is 5.03. The monoisotopic (exact) mass is 248 g/mol. The number of nitrogens with zero attached hydrogens (tertiary/aromatic N) is 1. The number of aromatic amines is 1. The molecule has 5 nitrogen and oxygen atoms in total. The van der Waals surface area contributed by atoms with Crippen molar-refractivity contribution in [3.8, 4) is 5.75 Å². The molecule has 1 aromatic heterocycles. The number of esters is 1. The lowest BCUT2D eigenvalue weighted by molar-refractivity contribution is -0.149. The van der Waals surface area contributed by atoms with Gasteiger partial charge in [-0.05, 0) is 32.9 Å². The Labute approximate surface area is 105 Å². The van der Waals surface area contributed by atoms with Gasteiger partial charge in [0.2, 0.25) is 0 Å². The van der Waals surface area contributed by atoms with E-state index in [0.29, 0.717) is 23.5 Å². The fourth-order valence-corrected chi connectivity index (χ4v) is 1.70. The average Bonchev–Trinajstić information content (AvgIpc) is 2.72. The summed E-state index contributed by atoms with van der Waals surface area (Å²) in [4.78, 5) is 19.3. The lowest BCUT2D eigenvalue weighted by Crippen LogP contribution is -2.32. The number of aromatic hydroxyl groups is 1. The van der Waals surface area contributed by atoms with Crippen molar-refractivity contribution in [1.29, 1.82) is 0 Å². The maximum absolute atomic E-state index is 11.9. The van der Waals surface area contributed by atoms with E-state index in [2.05, 4.69) is 9.97 Å². The summed E-state index contributed by atoms with van der Waals surface area (Å²) in [5.41, 5.74) is 0.563. The lowest BCUT2D eigenvalue weighted by Gasteiger charge is -2.19. The van der Waals surface area contributed by atoms with Gasteiger partial charge in [0.1, 0.15) is 17.0 Å². The van der Waals surface area contributed by atoms with Gasteiger partial charge in [-0.2, -0.15) is 0 Å². The number of phenolic OH excluding ortho intramolecular Hbond substituents is 1. The Hall–Kier alpha value is -2.04. The predicted octanol–water partition coefficient (Wildman–Crippen LogP) is 2.11. The minimum Gasteiger partial charge on any atom is -0.508 e. The van der Waals surface area contributed by atoms with Crippen LogP contribution in [0.5, 0.6) is 5.75 Å². The topological polar surface area (TPSA) is 75.2 Å². The van der Waals surface area contributed by atoms with Crippen LogP contribution in [0.1, 0.15) is 26.6 Å². The molecular weight excluding hydrogens is 232 g/mol. The Bertz CT molecular complexity index is 587. The minimum atomic E-state index is -0.843. The Kier molecular flexibility index (Phi) is 2.98. The molecule has 0 aliphatic carbocycles. The molecule has 2 aromatic rings. The van der Waals surface area contributed by atoms with Crippen molar-refractivity contribution in [2.75, 3.05) is 6.61 Å². The van der Waals surface area contributed by atoms with E-state index in [0.717, 1.165) is 0 Å². The predicted molar refractivity (Wildman–Crippen MR) is 67.4 cm³/mol. The van der Waals surface area contributed by atoms with E-state index in [1.807, 2.05) is 0 Å². The van der Waals surface area contributed by atoms with Gasteiger partial charge in [-0.25, -0.2) is 4.98 Å². The molecule has 0 saturated carbocycles. The van der Waals surface area contributed by atoms with E-state index in [1.54, 1.807) is 39.0 Å². The Morgan fingerprint density at radius 3 is 2.89 bits per heavy atom. The van der Waals surface area contributed by atoms with Crippen molar-refractivity contribution in [1.82, 2.24) is 9.97 Å². The second-order valence-corrected chi connectivity index (χ2v) is 4.63. The number of aromatic nitrogens is 2. The van der Waals surface area contributed by atoms with Crippen LogP contribution >= 0.6 is 0 Å². The number of H-pyrrole nitrogens is 1. The zero-order chi connectivity index (χ0) is 13.3. The van der Waals surface area contributed by atoms with Crippen molar-refractivity contribution in [3.63, 3.8) is 0 Å². The number of carbonyl (C=O) groups is 1. The highest BCUT2D eigenvalue weighted by molar-refractivity contribution is 5.84. The summed E-state index contributed by atoms with van der Waals surface area (Å²) in [6, 6.07) is 4.84. The molecule has 0 atom stereocenters. The van der Waals surface area contributed by atoms with E-state index in [-0.39, 0.29) is 11.7 Å². The molecule has 0 amide bonds. The zero-order valence-electron chi connectivity index (χ0n) is 10.7. The first-order valence-electron chi connectivity index (χ1n) is 5.81. The Morgan fingerprint density at radius 1 is 1.50 bits per heavy atom. The average molecular weight is 248 g/mol. The standard InChI is InChI=1S/C13H16N2O3/c1-4-18-12(17)13(2,3)11-14-9-6-5-8(16)7-10(9)15-11/h5-7,16H,4H2,1-3H3,(H,14,15). The molecule has 1 heterocycles. The van der Waals surface area contributed by atoms with Crippen LogP contribution in [0.4, 0.5) is 0 Å². The first kappa shape index (κ1) is 12.4. The van der Waals surface area contributed by atoms with Gasteiger partial charge in [-0.1, -0.05) is 0 Å². The van der Waals surface area contributed by atoms with Crippen LogP contribution in [0.3, 0.4) is 0 Å². The fourth-order valence-electron chi connectivity index (χ4n) is 1.70. The molecule has 5 heteroatoms. The molecule has 2 rings (SSSR count). The molecule has 0 saturated heterocycles. The van der Waals surface area contributed by atoms with Crippen molar-refractivity contribution in [2.45, 2.75) is 26.2 Å². The first-order valence-corrected chi connectivity index (χ1v) is 5.81. The summed E-state index contributed by atoms with van der Waals surface area (Å²) in [6.45, 7) is 5.61. The highest BCUT2D eigenvalue weighted by Crippen LogP contribution is 2.26. The van der Waals surface area contributed by atoms with Crippen LogP contribution < -0.4 is 0 Å². The molecule has 96 valence electrons. The van der Waals surface area contributed by atoms with E-state index < -0.39 is 5.41 Å². The van der Waals surface area contributed by atoms with Gasteiger partial charge in [0.15, 0.2) is 0 Å². The maximum atomic E-state index is 11.9. The highest BCUT2D eigenvalue weighted by atomic mass is 16.5. The normalized spacial score (nSPS) is 11.7. The smallest absolute Gasteiger partial charge is 0.319 e. The van der Waals surface area contributed by atoms with Gasteiger partial charge in [0.05, 0.1) is 17.6 Å². The summed E-state index contributed by atoms with van der Waals surface area (Å²) in [5, 5.41) is 9.40. The van der Waals surface area contributed by atoms with Crippen LogP contribution in [0.2, 0.25) is 0 Å².